The predicted molar refractivity (Wildman–Crippen MR) is 119 cm³/mol. The molecule has 0 aliphatic carbocycles. The summed E-state index contributed by atoms with van der Waals surface area (Å²) in [7, 11) is 0. The minimum atomic E-state index is -4.48. The Morgan fingerprint density at radius 1 is 1.00 bits per heavy atom. The molecular weight excluding hydrogens is 433 g/mol. The van der Waals surface area contributed by atoms with E-state index in [2.05, 4.69) is 15.3 Å². The van der Waals surface area contributed by atoms with Crippen molar-refractivity contribution in [1.29, 1.82) is 0 Å². The third-order valence-corrected chi connectivity index (χ3v) is 5.48. The summed E-state index contributed by atoms with van der Waals surface area (Å²) in [4.78, 5) is 15.1. The summed E-state index contributed by atoms with van der Waals surface area (Å²) >= 11 is 0. The minimum Gasteiger partial charge on any atom is -0.379 e. The van der Waals surface area contributed by atoms with Gasteiger partial charge in [-0.05, 0) is 36.2 Å². The lowest BCUT2D eigenvalue weighted by atomic mass is 10.1. The van der Waals surface area contributed by atoms with Gasteiger partial charge in [-0.25, -0.2) is 0 Å². The van der Waals surface area contributed by atoms with Gasteiger partial charge in [0.05, 0.1) is 24.5 Å². The van der Waals surface area contributed by atoms with Crippen molar-refractivity contribution in [1.82, 2.24) is 14.7 Å². The fourth-order valence-electron chi connectivity index (χ4n) is 3.78. The number of carbonyl (C=O) groups is 1. The van der Waals surface area contributed by atoms with Crippen molar-refractivity contribution in [2.24, 2.45) is 0 Å². The second-order valence-electron chi connectivity index (χ2n) is 7.84. The highest BCUT2D eigenvalue weighted by Gasteiger charge is 2.30. The molecule has 0 atom stereocenters. The number of anilines is 1. The number of hydrogen-bond acceptors (Lipinski definition) is 4. The molecule has 2 heterocycles. The van der Waals surface area contributed by atoms with Crippen LogP contribution < -0.4 is 5.32 Å². The van der Waals surface area contributed by atoms with Crippen LogP contribution in [0, 0.1) is 0 Å². The van der Waals surface area contributed by atoms with Crippen LogP contribution in [0.15, 0.2) is 60.7 Å². The van der Waals surface area contributed by atoms with Gasteiger partial charge in [-0.3, -0.25) is 14.4 Å². The van der Waals surface area contributed by atoms with Crippen molar-refractivity contribution >= 4 is 11.6 Å². The fourth-order valence-corrected chi connectivity index (χ4v) is 3.78. The Morgan fingerprint density at radius 3 is 2.48 bits per heavy atom. The van der Waals surface area contributed by atoms with Crippen molar-refractivity contribution in [3.05, 3.63) is 71.9 Å². The Morgan fingerprint density at radius 2 is 1.76 bits per heavy atom. The lowest BCUT2D eigenvalue weighted by Crippen LogP contribution is -2.37. The third kappa shape index (κ3) is 6.00. The molecule has 3 aromatic rings. The van der Waals surface area contributed by atoms with E-state index in [0.717, 1.165) is 62.7 Å². The average molecular weight is 458 g/mol. The van der Waals surface area contributed by atoms with E-state index in [1.165, 1.54) is 12.1 Å². The van der Waals surface area contributed by atoms with Crippen molar-refractivity contribution in [3.8, 4) is 11.3 Å². The standard InChI is InChI=1S/C24H25F3N4O2/c25-24(26,27)19-8-4-9-20(16-19)28-23(32)21-17-22(18-6-2-1-3-7-18)31(29-21)11-5-10-30-12-14-33-15-13-30/h1-4,6-9,16-17H,5,10-15H2,(H,28,32). The number of aromatic nitrogens is 2. The van der Waals surface area contributed by atoms with Crippen LogP contribution in [-0.4, -0.2) is 53.4 Å². The molecule has 1 fully saturated rings. The highest BCUT2D eigenvalue weighted by molar-refractivity contribution is 6.03. The van der Waals surface area contributed by atoms with E-state index in [9.17, 15) is 18.0 Å². The number of hydrogen-bond donors (Lipinski definition) is 1. The topological polar surface area (TPSA) is 59.4 Å². The zero-order chi connectivity index (χ0) is 23.3. The molecule has 1 amide bonds. The van der Waals surface area contributed by atoms with Crippen molar-refractivity contribution in [3.63, 3.8) is 0 Å². The molecule has 0 radical (unpaired) electrons. The van der Waals surface area contributed by atoms with Crippen LogP contribution in [0.2, 0.25) is 0 Å². The van der Waals surface area contributed by atoms with Crippen molar-refractivity contribution in [2.45, 2.75) is 19.1 Å². The second kappa shape index (κ2) is 10.2. The van der Waals surface area contributed by atoms with Gasteiger partial charge in [0.1, 0.15) is 0 Å². The molecule has 6 nitrogen and oxygen atoms in total. The summed E-state index contributed by atoms with van der Waals surface area (Å²) in [5.74, 6) is -0.557. The van der Waals surface area contributed by atoms with Crippen LogP contribution in [-0.2, 0) is 17.5 Å². The van der Waals surface area contributed by atoms with E-state index in [4.69, 9.17) is 4.74 Å². The number of carbonyl (C=O) groups excluding carboxylic acids is 1. The largest absolute Gasteiger partial charge is 0.416 e. The number of halogens is 3. The first kappa shape index (κ1) is 23.0. The molecule has 2 aromatic carbocycles. The van der Waals surface area contributed by atoms with Crippen LogP contribution in [0.3, 0.4) is 0 Å². The Hall–Kier alpha value is -3.17. The maximum atomic E-state index is 13.0. The monoisotopic (exact) mass is 458 g/mol. The van der Waals surface area contributed by atoms with Gasteiger partial charge in [0.25, 0.3) is 5.91 Å². The Labute approximate surface area is 190 Å². The summed E-state index contributed by atoms with van der Waals surface area (Å²) in [6.07, 6.45) is -3.64. The number of morpholine rings is 1. The quantitative estimate of drug-likeness (QED) is 0.565. The number of benzene rings is 2. The van der Waals surface area contributed by atoms with Gasteiger partial charge >= 0.3 is 6.18 Å². The highest BCUT2D eigenvalue weighted by Crippen LogP contribution is 2.31. The number of amides is 1. The molecule has 1 aliphatic rings. The first-order valence-electron chi connectivity index (χ1n) is 10.8. The predicted octanol–water partition coefficient (Wildman–Crippen LogP) is 4.54. The van der Waals surface area contributed by atoms with Crippen LogP contribution >= 0.6 is 0 Å². The molecule has 33 heavy (non-hydrogen) atoms. The van der Waals surface area contributed by atoms with Crippen LogP contribution in [0.4, 0.5) is 18.9 Å². The first-order valence-corrected chi connectivity index (χ1v) is 10.8. The minimum absolute atomic E-state index is 0.0675. The van der Waals surface area contributed by atoms with E-state index >= 15 is 0 Å². The number of nitrogens with zero attached hydrogens (tertiary/aromatic N) is 3. The summed E-state index contributed by atoms with van der Waals surface area (Å²) in [5.41, 5.74) is 1.09. The molecule has 0 saturated carbocycles. The number of ether oxygens (including phenoxy) is 1. The molecule has 9 heteroatoms. The smallest absolute Gasteiger partial charge is 0.379 e. The van der Waals surface area contributed by atoms with E-state index < -0.39 is 17.6 Å². The van der Waals surface area contributed by atoms with Gasteiger partial charge in [-0.1, -0.05) is 36.4 Å². The first-order chi connectivity index (χ1) is 15.9. The van der Waals surface area contributed by atoms with Gasteiger partial charge in [0, 0.05) is 31.9 Å². The highest BCUT2D eigenvalue weighted by atomic mass is 19.4. The van der Waals surface area contributed by atoms with Crippen LogP contribution in [0.25, 0.3) is 11.3 Å². The molecule has 1 aromatic heterocycles. The summed E-state index contributed by atoms with van der Waals surface area (Å²) in [6.45, 7) is 4.76. The van der Waals surface area contributed by atoms with Crippen molar-refractivity contribution in [2.75, 3.05) is 38.2 Å². The fraction of sp³-hybridized carbons (Fsp3) is 0.333. The summed E-state index contributed by atoms with van der Waals surface area (Å²) in [5, 5.41) is 7.01. The van der Waals surface area contributed by atoms with Gasteiger partial charge in [-0.15, -0.1) is 0 Å². The Bertz CT molecular complexity index is 1080. The summed E-state index contributed by atoms with van der Waals surface area (Å²) in [6, 6.07) is 15.8. The van der Waals surface area contributed by atoms with Crippen LogP contribution in [0.1, 0.15) is 22.5 Å². The molecule has 1 aliphatic heterocycles. The Kier molecular flexibility index (Phi) is 7.10. The van der Waals surface area contributed by atoms with E-state index in [1.54, 1.807) is 10.7 Å². The second-order valence-corrected chi connectivity index (χ2v) is 7.84. The van der Waals surface area contributed by atoms with Crippen LogP contribution in [0.5, 0.6) is 0 Å². The zero-order valence-electron chi connectivity index (χ0n) is 18.0. The molecular formula is C24H25F3N4O2. The lowest BCUT2D eigenvalue weighted by molar-refractivity contribution is -0.137. The van der Waals surface area contributed by atoms with Crippen molar-refractivity contribution < 1.29 is 22.7 Å². The number of nitrogens with one attached hydrogen (secondary N) is 1. The number of alkyl halides is 3. The molecule has 4 rings (SSSR count). The summed E-state index contributed by atoms with van der Waals surface area (Å²) < 4.78 is 46.1. The number of aryl methyl sites for hydroxylation is 1. The Balaban J connectivity index is 1.51. The maximum Gasteiger partial charge on any atom is 0.416 e. The normalized spacial score (nSPS) is 14.9. The molecule has 1 N–H and O–H groups in total. The zero-order valence-corrected chi connectivity index (χ0v) is 18.0. The van der Waals surface area contributed by atoms with Gasteiger partial charge in [-0.2, -0.15) is 18.3 Å². The lowest BCUT2D eigenvalue weighted by Gasteiger charge is -2.26. The van der Waals surface area contributed by atoms with Gasteiger partial charge in [0.15, 0.2) is 5.69 Å². The molecule has 1 saturated heterocycles. The molecule has 174 valence electrons. The van der Waals surface area contributed by atoms with Gasteiger partial charge < -0.3 is 10.1 Å². The molecule has 0 bridgehead atoms. The molecule has 0 unspecified atom stereocenters. The third-order valence-electron chi connectivity index (χ3n) is 5.48. The maximum absolute atomic E-state index is 13.0. The van der Waals surface area contributed by atoms with E-state index in [0.29, 0.717) is 6.54 Å². The SMILES string of the molecule is O=C(Nc1cccc(C(F)(F)F)c1)c1cc(-c2ccccc2)n(CCCN2CCOCC2)n1. The van der Waals surface area contributed by atoms with E-state index in [1.807, 2.05) is 30.3 Å². The number of rotatable bonds is 7. The van der Waals surface area contributed by atoms with E-state index in [-0.39, 0.29) is 11.4 Å². The average Bonchev–Trinajstić information content (AvgIpc) is 3.24. The van der Waals surface area contributed by atoms with Gasteiger partial charge in [0.2, 0.25) is 0 Å². The molecule has 0 spiro atoms.